The fourth-order valence-corrected chi connectivity index (χ4v) is 1.80. The molecule has 0 fully saturated rings. The molecular formula is C15H20O. The molecule has 16 heavy (non-hydrogen) atoms. The summed E-state index contributed by atoms with van der Waals surface area (Å²) in [5.41, 5.74) is 2.10. The van der Waals surface area contributed by atoms with Crippen LogP contribution in [0.2, 0.25) is 0 Å². The topological polar surface area (TPSA) is 17.1 Å². The van der Waals surface area contributed by atoms with Crippen LogP contribution in [0.1, 0.15) is 49.9 Å². The fourth-order valence-electron chi connectivity index (χ4n) is 1.80. The van der Waals surface area contributed by atoms with Crippen molar-refractivity contribution in [3.63, 3.8) is 0 Å². The third-order valence-electron chi connectivity index (χ3n) is 2.55. The van der Waals surface area contributed by atoms with Crippen molar-refractivity contribution in [1.82, 2.24) is 0 Å². The van der Waals surface area contributed by atoms with Gasteiger partial charge in [0.15, 0.2) is 5.78 Å². The van der Waals surface area contributed by atoms with E-state index in [0.717, 1.165) is 24.8 Å². The predicted octanol–water partition coefficient (Wildman–Crippen LogP) is 4.40. The molecule has 0 aliphatic rings. The van der Waals surface area contributed by atoms with Crippen molar-refractivity contribution < 1.29 is 4.79 Å². The Morgan fingerprint density at radius 1 is 1.19 bits per heavy atom. The zero-order valence-electron chi connectivity index (χ0n) is 10.2. The van der Waals surface area contributed by atoms with Gasteiger partial charge in [-0.15, -0.1) is 0 Å². The van der Waals surface area contributed by atoms with Gasteiger partial charge in [0.05, 0.1) is 0 Å². The van der Waals surface area contributed by atoms with Gasteiger partial charge in [-0.25, -0.2) is 0 Å². The first-order chi connectivity index (χ1) is 7.77. The average molecular weight is 216 g/mol. The fraction of sp³-hybridized carbons (Fsp3) is 0.400. The predicted molar refractivity (Wildman–Crippen MR) is 68.7 cm³/mol. The largest absolute Gasteiger partial charge is 0.294 e. The van der Waals surface area contributed by atoms with Crippen LogP contribution in [-0.2, 0) is 0 Å². The molecule has 0 N–H and O–H groups in total. The molecule has 0 aliphatic carbocycles. The van der Waals surface area contributed by atoms with Crippen molar-refractivity contribution >= 4 is 5.78 Å². The molecule has 0 aromatic heterocycles. The number of carbonyl (C=O) groups excluding carboxylic acids is 1. The van der Waals surface area contributed by atoms with Crippen molar-refractivity contribution in [1.29, 1.82) is 0 Å². The second kappa shape index (κ2) is 7.00. The molecule has 0 unspecified atom stereocenters. The molecule has 0 saturated carbocycles. The molecule has 1 heteroatoms. The molecule has 0 aliphatic heterocycles. The summed E-state index contributed by atoms with van der Waals surface area (Å²) < 4.78 is 0. The van der Waals surface area contributed by atoms with Crippen LogP contribution in [0.15, 0.2) is 42.0 Å². The average Bonchev–Trinajstić information content (AvgIpc) is 2.31. The lowest BCUT2D eigenvalue weighted by Crippen LogP contribution is -2.00. The van der Waals surface area contributed by atoms with E-state index in [0.29, 0.717) is 6.42 Å². The molecule has 86 valence electrons. The number of hydrogen-bond donors (Lipinski definition) is 0. The first-order valence-electron chi connectivity index (χ1n) is 6.04. The highest BCUT2D eigenvalue weighted by Crippen LogP contribution is 2.14. The van der Waals surface area contributed by atoms with Crippen LogP contribution in [0.5, 0.6) is 0 Å². The van der Waals surface area contributed by atoms with Crippen molar-refractivity contribution in [3.8, 4) is 0 Å². The van der Waals surface area contributed by atoms with Gasteiger partial charge in [-0.05, 0) is 12.8 Å². The van der Waals surface area contributed by atoms with Gasteiger partial charge >= 0.3 is 0 Å². The smallest absolute Gasteiger partial charge is 0.166 e. The van der Waals surface area contributed by atoms with Gasteiger partial charge in [0, 0.05) is 12.0 Å². The van der Waals surface area contributed by atoms with Crippen LogP contribution < -0.4 is 0 Å². The van der Waals surface area contributed by atoms with Gasteiger partial charge in [0.1, 0.15) is 0 Å². The minimum absolute atomic E-state index is 0.230. The van der Waals surface area contributed by atoms with Crippen molar-refractivity contribution in [2.45, 2.75) is 39.5 Å². The third kappa shape index (κ3) is 4.01. The van der Waals surface area contributed by atoms with Gasteiger partial charge in [0.25, 0.3) is 0 Å². The molecule has 0 heterocycles. The van der Waals surface area contributed by atoms with Gasteiger partial charge in [0.2, 0.25) is 0 Å². The van der Waals surface area contributed by atoms with E-state index in [1.165, 1.54) is 5.57 Å². The number of ketones is 1. The normalized spacial score (nSPS) is 11.5. The second-order valence-corrected chi connectivity index (χ2v) is 3.99. The highest BCUT2D eigenvalue weighted by molar-refractivity contribution is 5.97. The number of Topliss-reactive ketones (excluding diaryl/α,β-unsaturated/α-hetero) is 1. The highest BCUT2D eigenvalue weighted by Gasteiger charge is 2.07. The molecule has 0 radical (unpaired) electrons. The summed E-state index contributed by atoms with van der Waals surface area (Å²) in [4.78, 5) is 12.0. The van der Waals surface area contributed by atoms with E-state index in [1.54, 1.807) is 0 Å². The molecule has 1 nitrogen and oxygen atoms in total. The van der Waals surface area contributed by atoms with Crippen molar-refractivity contribution in [2.75, 3.05) is 0 Å². The van der Waals surface area contributed by atoms with Crippen molar-refractivity contribution in [2.24, 2.45) is 0 Å². The van der Waals surface area contributed by atoms with Crippen LogP contribution in [0.4, 0.5) is 0 Å². The monoisotopic (exact) mass is 216 g/mol. The number of carbonyl (C=O) groups is 1. The van der Waals surface area contributed by atoms with E-state index in [-0.39, 0.29) is 5.78 Å². The summed E-state index contributed by atoms with van der Waals surface area (Å²) >= 11 is 0. The Hall–Kier alpha value is -1.37. The van der Waals surface area contributed by atoms with Crippen LogP contribution in [0.3, 0.4) is 0 Å². The summed E-state index contributed by atoms with van der Waals surface area (Å²) in [6.45, 7) is 4.26. The molecule has 0 bridgehead atoms. The number of allylic oxidation sites excluding steroid dienone is 2. The maximum atomic E-state index is 12.0. The molecule has 1 aromatic carbocycles. The molecule has 1 aromatic rings. The quantitative estimate of drug-likeness (QED) is 0.509. The van der Waals surface area contributed by atoms with E-state index in [2.05, 4.69) is 19.9 Å². The Labute approximate surface area is 98.2 Å². The summed E-state index contributed by atoms with van der Waals surface area (Å²) in [6, 6.07) is 9.54. The Bertz CT molecular complexity index is 349. The molecule has 0 atom stereocenters. The lowest BCUT2D eigenvalue weighted by atomic mass is 9.99. The minimum Gasteiger partial charge on any atom is -0.294 e. The summed E-state index contributed by atoms with van der Waals surface area (Å²) in [5, 5.41) is 0. The molecule has 0 spiro atoms. The van der Waals surface area contributed by atoms with Crippen LogP contribution in [0.25, 0.3) is 0 Å². The van der Waals surface area contributed by atoms with E-state index >= 15 is 0 Å². The Kier molecular flexibility index (Phi) is 5.55. The Morgan fingerprint density at radius 3 is 2.44 bits per heavy atom. The summed E-state index contributed by atoms with van der Waals surface area (Å²) in [5.74, 6) is 0.230. The van der Waals surface area contributed by atoms with Crippen molar-refractivity contribution in [3.05, 3.63) is 47.5 Å². The standard InChI is InChI=1S/C15H20O/c1-3-8-13(9-4-2)12-15(16)14-10-6-5-7-11-14/h5-8,10-11H,3-4,9,12H2,1-2H3/b13-8+. The van der Waals surface area contributed by atoms with Gasteiger partial charge < -0.3 is 0 Å². The summed E-state index contributed by atoms with van der Waals surface area (Å²) in [7, 11) is 0. The lowest BCUT2D eigenvalue weighted by Gasteiger charge is -2.05. The first kappa shape index (κ1) is 12.7. The minimum atomic E-state index is 0.230. The van der Waals surface area contributed by atoms with E-state index < -0.39 is 0 Å². The highest BCUT2D eigenvalue weighted by atomic mass is 16.1. The van der Waals surface area contributed by atoms with Crippen LogP contribution >= 0.6 is 0 Å². The zero-order chi connectivity index (χ0) is 11.8. The number of hydrogen-bond acceptors (Lipinski definition) is 1. The number of benzene rings is 1. The first-order valence-corrected chi connectivity index (χ1v) is 6.04. The second-order valence-electron chi connectivity index (χ2n) is 3.99. The Morgan fingerprint density at radius 2 is 1.88 bits per heavy atom. The van der Waals surface area contributed by atoms with E-state index in [9.17, 15) is 4.79 Å². The molecule has 0 amide bonds. The van der Waals surface area contributed by atoms with Gasteiger partial charge in [-0.1, -0.05) is 62.2 Å². The zero-order valence-corrected chi connectivity index (χ0v) is 10.2. The summed E-state index contributed by atoms with van der Waals surface area (Å²) in [6.07, 6.45) is 5.91. The molecule has 0 saturated heterocycles. The van der Waals surface area contributed by atoms with Gasteiger partial charge in [-0.3, -0.25) is 4.79 Å². The SMILES string of the molecule is CC/C=C(\CCC)CC(=O)c1ccccc1. The number of rotatable bonds is 6. The lowest BCUT2D eigenvalue weighted by molar-refractivity contribution is 0.0992. The van der Waals surface area contributed by atoms with E-state index in [1.807, 2.05) is 30.3 Å². The maximum absolute atomic E-state index is 12.0. The molecule has 1 rings (SSSR count). The third-order valence-corrected chi connectivity index (χ3v) is 2.55. The van der Waals surface area contributed by atoms with Crippen LogP contribution in [0, 0.1) is 0 Å². The van der Waals surface area contributed by atoms with E-state index in [4.69, 9.17) is 0 Å². The van der Waals surface area contributed by atoms with Crippen LogP contribution in [-0.4, -0.2) is 5.78 Å². The molecular weight excluding hydrogens is 196 g/mol. The Balaban J connectivity index is 2.66. The maximum Gasteiger partial charge on any atom is 0.166 e. The van der Waals surface area contributed by atoms with Gasteiger partial charge in [-0.2, -0.15) is 0 Å².